The number of nitrogens with zero attached hydrogens (tertiary/aromatic N) is 2. The Morgan fingerprint density at radius 2 is 2.06 bits per heavy atom. The maximum Gasteiger partial charge on any atom is 0.131 e. The van der Waals surface area contributed by atoms with E-state index < -0.39 is 0 Å². The zero-order chi connectivity index (χ0) is 12.3. The fraction of sp³-hybridized carbons (Fsp3) is 0.643. The zero-order valence-electron chi connectivity index (χ0n) is 10.8. The van der Waals surface area contributed by atoms with Crippen LogP contribution in [-0.2, 0) is 6.42 Å². The van der Waals surface area contributed by atoms with E-state index in [4.69, 9.17) is 0 Å². The van der Waals surface area contributed by atoms with Gasteiger partial charge in [-0.05, 0) is 36.3 Å². The predicted molar refractivity (Wildman–Crippen MR) is 70.3 cm³/mol. The van der Waals surface area contributed by atoms with E-state index in [1.807, 2.05) is 12.3 Å². The van der Waals surface area contributed by atoms with Crippen molar-refractivity contribution in [1.82, 2.24) is 4.98 Å². The minimum atomic E-state index is -0.0719. The topological polar surface area (TPSA) is 36.4 Å². The van der Waals surface area contributed by atoms with Crippen LogP contribution in [0.15, 0.2) is 18.3 Å². The average Bonchev–Trinajstić information content (AvgIpc) is 2.83. The summed E-state index contributed by atoms with van der Waals surface area (Å²) >= 11 is 0. The van der Waals surface area contributed by atoms with Gasteiger partial charge in [0.25, 0.3) is 0 Å². The molecule has 2 rings (SSSR count). The van der Waals surface area contributed by atoms with Gasteiger partial charge >= 0.3 is 0 Å². The fourth-order valence-electron chi connectivity index (χ4n) is 2.35. The third-order valence-corrected chi connectivity index (χ3v) is 3.37. The van der Waals surface area contributed by atoms with E-state index in [2.05, 4.69) is 29.8 Å². The molecule has 1 aromatic heterocycles. The second kappa shape index (κ2) is 5.05. The van der Waals surface area contributed by atoms with Crippen LogP contribution in [0.1, 0.15) is 32.3 Å². The largest absolute Gasteiger partial charge is 0.396 e. The van der Waals surface area contributed by atoms with Gasteiger partial charge in [-0.3, -0.25) is 0 Å². The molecule has 1 aliphatic heterocycles. The summed E-state index contributed by atoms with van der Waals surface area (Å²) in [7, 11) is 0. The number of hydrogen-bond donors (Lipinski definition) is 1. The molecular weight excluding hydrogens is 212 g/mol. The Hall–Kier alpha value is -1.09. The molecule has 0 amide bonds. The highest BCUT2D eigenvalue weighted by molar-refractivity contribution is 5.47. The Bertz CT molecular complexity index is 370. The van der Waals surface area contributed by atoms with Crippen LogP contribution in [0, 0.1) is 5.41 Å². The van der Waals surface area contributed by atoms with Crippen molar-refractivity contribution in [1.29, 1.82) is 0 Å². The van der Waals surface area contributed by atoms with Crippen molar-refractivity contribution >= 4 is 5.82 Å². The molecule has 1 saturated heterocycles. The molecule has 1 aliphatic rings. The molecule has 2 heterocycles. The Balaban J connectivity index is 2.21. The van der Waals surface area contributed by atoms with Gasteiger partial charge in [-0.25, -0.2) is 4.98 Å². The normalized spacial score (nSPS) is 16.5. The number of anilines is 1. The summed E-state index contributed by atoms with van der Waals surface area (Å²) in [6.45, 7) is 6.62. The van der Waals surface area contributed by atoms with Crippen molar-refractivity contribution in [3.05, 3.63) is 23.9 Å². The van der Waals surface area contributed by atoms with E-state index in [1.165, 1.54) is 18.4 Å². The van der Waals surface area contributed by atoms with Crippen molar-refractivity contribution in [3.63, 3.8) is 0 Å². The minimum Gasteiger partial charge on any atom is -0.396 e. The summed E-state index contributed by atoms with van der Waals surface area (Å²) in [4.78, 5) is 6.89. The lowest BCUT2D eigenvalue weighted by molar-refractivity contribution is 0.159. The van der Waals surface area contributed by atoms with Gasteiger partial charge in [0.2, 0.25) is 0 Å². The summed E-state index contributed by atoms with van der Waals surface area (Å²) in [6, 6.07) is 4.13. The van der Waals surface area contributed by atoms with Gasteiger partial charge in [-0.1, -0.05) is 19.9 Å². The third kappa shape index (κ3) is 2.97. The highest BCUT2D eigenvalue weighted by atomic mass is 16.3. The molecule has 0 aromatic carbocycles. The zero-order valence-corrected chi connectivity index (χ0v) is 10.8. The second-order valence-electron chi connectivity index (χ2n) is 5.68. The van der Waals surface area contributed by atoms with Crippen LogP contribution in [-0.4, -0.2) is 29.8 Å². The van der Waals surface area contributed by atoms with Gasteiger partial charge in [-0.15, -0.1) is 0 Å². The van der Waals surface area contributed by atoms with Crippen molar-refractivity contribution in [3.8, 4) is 0 Å². The van der Waals surface area contributed by atoms with Crippen LogP contribution >= 0.6 is 0 Å². The molecule has 0 bridgehead atoms. The van der Waals surface area contributed by atoms with E-state index in [0.717, 1.165) is 25.3 Å². The first-order valence-electron chi connectivity index (χ1n) is 6.42. The first kappa shape index (κ1) is 12.4. The van der Waals surface area contributed by atoms with Crippen LogP contribution in [0.25, 0.3) is 0 Å². The Kier molecular flexibility index (Phi) is 3.67. The van der Waals surface area contributed by atoms with Crippen molar-refractivity contribution in [2.45, 2.75) is 33.1 Å². The lowest BCUT2D eigenvalue weighted by Crippen LogP contribution is -2.24. The standard InChI is InChI=1S/C14H22N2O/c1-14(2,11-17)10-12-6-5-7-15-13(12)16-8-3-4-9-16/h5-7,17H,3-4,8-11H2,1-2H3. The first-order chi connectivity index (χ1) is 8.12. The monoisotopic (exact) mass is 234 g/mol. The summed E-state index contributed by atoms with van der Waals surface area (Å²) in [5, 5.41) is 9.38. The minimum absolute atomic E-state index is 0.0719. The molecule has 3 heteroatoms. The van der Waals surface area contributed by atoms with Gasteiger partial charge in [0, 0.05) is 25.9 Å². The molecule has 0 aliphatic carbocycles. The van der Waals surface area contributed by atoms with E-state index in [-0.39, 0.29) is 12.0 Å². The molecular formula is C14H22N2O. The number of pyridine rings is 1. The number of aliphatic hydroxyl groups excluding tert-OH is 1. The van der Waals surface area contributed by atoms with Crippen molar-refractivity contribution in [2.24, 2.45) is 5.41 Å². The molecule has 1 N–H and O–H groups in total. The predicted octanol–water partition coefficient (Wildman–Crippen LogP) is 2.24. The van der Waals surface area contributed by atoms with Gasteiger partial charge in [0.1, 0.15) is 5.82 Å². The molecule has 0 atom stereocenters. The lowest BCUT2D eigenvalue weighted by Gasteiger charge is -2.25. The number of aromatic nitrogens is 1. The summed E-state index contributed by atoms with van der Waals surface area (Å²) in [5.41, 5.74) is 1.19. The quantitative estimate of drug-likeness (QED) is 0.868. The molecule has 94 valence electrons. The number of rotatable bonds is 4. The molecule has 0 spiro atoms. The Morgan fingerprint density at radius 3 is 2.71 bits per heavy atom. The van der Waals surface area contributed by atoms with Gasteiger partial charge in [0.15, 0.2) is 0 Å². The van der Waals surface area contributed by atoms with Crippen LogP contribution in [0.5, 0.6) is 0 Å². The first-order valence-corrected chi connectivity index (χ1v) is 6.42. The maximum atomic E-state index is 9.38. The van der Waals surface area contributed by atoms with Crippen LogP contribution in [0.3, 0.4) is 0 Å². The SMILES string of the molecule is CC(C)(CO)Cc1cccnc1N1CCCC1. The smallest absolute Gasteiger partial charge is 0.131 e. The molecule has 1 fully saturated rings. The van der Waals surface area contributed by atoms with Crippen molar-refractivity contribution in [2.75, 3.05) is 24.6 Å². The molecule has 0 saturated carbocycles. The van der Waals surface area contributed by atoms with E-state index in [9.17, 15) is 5.11 Å². The molecule has 0 unspecified atom stereocenters. The third-order valence-electron chi connectivity index (χ3n) is 3.37. The van der Waals surface area contributed by atoms with Crippen LogP contribution in [0.4, 0.5) is 5.82 Å². The molecule has 3 nitrogen and oxygen atoms in total. The van der Waals surface area contributed by atoms with E-state index >= 15 is 0 Å². The van der Waals surface area contributed by atoms with Gasteiger partial charge < -0.3 is 10.0 Å². The lowest BCUT2D eigenvalue weighted by atomic mass is 9.87. The highest BCUT2D eigenvalue weighted by Gasteiger charge is 2.22. The van der Waals surface area contributed by atoms with Gasteiger partial charge in [0.05, 0.1) is 0 Å². The van der Waals surface area contributed by atoms with Crippen LogP contribution < -0.4 is 4.90 Å². The highest BCUT2D eigenvalue weighted by Crippen LogP contribution is 2.28. The summed E-state index contributed by atoms with van der Waals surface area (Å²) in [5.74, 6) is 1.12. The van der Waals surface area contributed by atoms with Crippen LogP contribution in [0.2, 0.25) is 0 Å². The molecule has 1 aromatic rings. The fourth-order valence-corrected chi connectivity index (χ4v) is 2.35. The Labute approximate surface area is 103 Å². The molecule has 17 heavy (non-hydrogen) atoms. The number of hydrogen-bond acceptors (Lipinski definition) is 3. The molecule has 0 radical (unpaired) electrons. The Morgan fingerprint density at radius 1 is 1.35 bits per heavy atom. The van der Waals surface area contributed by atoms with Crippen molar-refractivity contribution < 1.29 is 5.11 Å². The van der Waals surface area contributed by atoms with E-state index in [0.29, 0.717) is 0 Å². The summed E-state index contributed by atoms with van der Waals surface area (Å²) < 4.78 is 0. The average molecular weight is 234 g/mol. The summed E-state index contributed by atoms with van der Waals surface area (Å²) in [6.07, 6.45) is 5.27. The number of aliphatic hydroxyl groups is 1. The maximum absolute atomic E-state index is 9.38. The second-order valence-corrected chi connectivity index (χ2v) is 5.68. The van der Waals surface area contributed by atoms with E-state index in [1.54, 1.807) is 0 Å². The van der Waals surface area contributed by atoms with Gasteiger partial charge in [-0.2, -0.15) is 0 Å².